The number of rotatable bonds is 8. The van der Waals surface area contributed by atoms with Crippen LogP contribution < -0.4 is 20.9 Å². The van der Waals surface area contributed by atoms with Gasteiger partial charge in [-0.05, 0) is 48.5 Å². The van der Waals surface area contributed by atoms with Gasteiger partial charge in [-0.15, -0.1) is 0 Å². The maximum atomic E-state index is 13.9. The molecule has 32 heavy (non-hydrogen) atoms. The molecule has 0 saturated carbocycles. The van der Waals surface area contributed by atoms with Crippen LogP contribution in [0.5, 0.6) is 11.5 Å². The van der Waals surface area contributed by atoms with Crippen LogP contribution in [0, 0.1) is 0 Å². The predicted molar refractivity (Wildman–Crippen MR) is 126 cm³/mol. The number of carbonyl (C=O) groups is 1. The molecule has 0 bridgehead atoms. The molecule has 4 rings (SSSR count). The first-order valence-electron chi connectivity index (χ1n) is 10.3. The first-order chi connectivity index (χ1) is 15.6. The fourth-order valence-corrected chi connectivity index (χ4v) is 3.34. The standard InChI is InChI=1S/C27H24N2O3/c28-21-11-15-23(16-12-21)31-26(19-7-3-1-4-8-19)25(30)27(20-9-5-2-6-10-20)32-24-17-13-22(29)14-18-24/h1-18,26-27H,28-29H2. The molecular formula is C27H24N2O3. The van der Waals surface area contributed by atoms with Crippen molar-refractivity contribution < 1.29 is 14.3 Å². The second-order valence-electron chi connectivity index (χ2n) is 7.36. The molecule has 0 radical (unpaired) electrons. The van der Waals surface area contributed by atoms with Gasteiger partial charge in [0, 0.05) is 22.5 Å². The molecule has 5 heteroatoms. The van der Waals surface area contributed by atoms with Crippen LogP contribution >= 0.6 is 0 Å². The molecule has 0 aliphatic heterocycles. The highest BCUT2D eigenvalue weighted by atomic mass is 16.5. The van der Waals surface area contributed by atoms with Crippen molar-refractivity contribution in [2.24, 2.45) is 0 Å². The number of ether oxygens (including phenoxy) is 2. The van der Waals surface area contributed by atoms with Crippen molar-refractivity contribution in [2.45, 2.75) is 12.2 Å². The number of anilines is 2. The molecule has 0 spiro atoms. The van der Waals surface area contributed by atoms with Gasteiger partial charge in [-0.2, -0.15) is 0 Å². The minimum atomic E-state index is -0.876. The summed E-state index contributed by atoms with van der Waals surface area (Å²) in [7, 11) is 0. The van der Waals surface area contributed by atoms with Crippen LogP contribution in [0.15, 0.2) is 109 Å². The number of benzene rings is 4. The quantitative estimate of drug-likeness (QED) is 0.372. The van der Waals surface area contributed by atoms with E-state index in [2.05, 4.69) is 0 Å². The second-order valence-corrected chi connectivity index (χ2v) is 7.36. The molecule has 0 aromatic heterocycles. The Kier molecular flexibility index (Phi) is 6.37. The van der Waals surface area contributed by atoms with E-state index in [0.29, 0.717) is 22.9 Å². The Morgan fingerprint density at radius 2 is 0.875 bits per heavy atom. The number of nitrogens with two attached hydrogens (primary N) is 2. The molecule has 160 valence electrons. The van der Waals surface area contributed by atoms with E-state index >= 15 is 0 Å². The third-order valence-corrected chi connectivity index (χ3v) is 4.99. The number of hydrogen-bond donors (Lipinski definition) is 2. The molecule has 0 aliphatic rings. The molecule has 4 aromatic carbocycles. The maximum Gasteiger partial charge on any atom is 0.222 e. The van der Waals surface area contributed by atoms with Crippen LogP contribution in [-0.4, -0.2) is 5.78 Å². The average molecular weight is 425 g/mol. The predicted octanol–water partition coefficient (Wildman–Crippen LogP) is 5.36. The van der Waals surface area contributed by atoms with Crippen molar-refractivity contribution in [3.8, 4) is 11.5 Å². The summed E-state index contributed by atoms with van der Waals surface area (Å²) in [5.74, 6) is 0.859. The van der Waals surface area contributed by atoms with Crippen molar-refractivity contribution in [2.75, 3.05) is 11.5 Å². The Morgan fingerprint density at radius 3 is 1.22 bits per heavy atom. The van der Waals surface area contributed by atoms with Gasteiger partial charge in [0.15, 0.2) is 12.2 Å². The molecule has 0 aliphatic carbocycles. The van der Waals surface area contributed by atoms with E-state index in [1.54, 1.807) is 48.5 Å². The summed E-state index contributed by atoms with van der Waals surface area (Å²) in [6.45, 7) is 0. The topological polar surface area (TPSA) is 87.6 Å². The summed E-state index contributed by atoms with van der Waals surface area (Å²) in [5, 5.41) is 0. The van der Waals surface area contributed by atoms with Gasteiger partial charge in [-0.1, -0.05) is 60.7 Å². The van der Waals surface area contributed by atoms with Crippen LogP contribution in [-0.2, 0) is 4.79 Å². The summed E-state index contributed by atoms with van der Waals surface area (Å²) in [6.07, 6.45) is -1.75. The molecule has 0 saturated heterocycles. The van der Waals surface area contributed by atoms with Gasteiger partial charge in [0.2, 0.25) is 5.78 Å². The zero-order valence-electron chi connectivity index (χ0n) is 17.4. The normalized spacial score (nSPS) is 12.5. The van der Waals surface area contributed by atoms with Crippen LogP contribution in [0.25, 0.3) is 0 Å². The molecular weight excluding hydrogens is 400 g/mol. The largest absolute Gasteiger partial charge is 0.478 e. The second kappa shape index (κ2) is 9.71. The lowest BCUT2D eigenvalue weighted by Gasteiger charge is -2.25. The van der Waals surface area contributed by atoms with Gasteiger partial charge < -0.3 is 20.9 Å². The lowest BCUT2D eigenvalue weighted by atomic mass is 9.97. The van der Waals surface area contributed by atoms with Crippen LogP contribution in [0.4, 0.5) is 11.4 Å². The van der Waals surface area contributed by atoms with Gasteiger partial charge >= 0.3 is 0 Å². The number of carbonyl (C=O) groups excluding carboxylic acids is 1. The first-order valence-corrected chi connectivity index (χ1v) is 10.3. The van der Waals surface area contributed by atoms with E-state index in [9.17, 15) is 4.79 Å². The third-order valence-electron chi connectivity index (χ3n) is 4.99. The van der Waals surface area contributed by atoms with Crippen LogP contribution in [0.1, 0.15) is 23.3 Å². The van der Waals surface area contributed by atoms with E-state index in [-0.39, 0.29) is 5.78 Å². The number of hydrogen-bond acceptors (Lipinski definition) is 5. The highest BCUT2D eigenvalue weighted by Gasteiger charge is 2.33. The first kappa shape index (κ1) is 21.0. The van der Waals surface area contributed by atoms with Gasteiger partial charge in [-0.25, -0.2) is 0 Å². The molecule has 2 unspecified atom stereocenters. The van der Waals surface area contributed by atoms with Crippen molar-refractivity contribution in [3.63, 3.8) is 0 Å². The monoisotopic (exact) mass is 424 g/mol. The lowest BCUT2D eigenvalue weighted by molar-refractivity contribution is -0.133. The Balaban J connectivity index is 1.71. The zero-order chi connectivity index (χ0) is 22.3. The molecule has 2 atom stereocenters. The minimum absolute atomic E-state index is 0.226. The third kappa shape index (κ3) is 5.08. The van der Waals surface area contributed by atoms with E-state index in [1.807, 2.05) is 60.7 Å². The summed E-state index contributed by atoms with van der Waals surface area (Å²) in [6, 6.07) is 32.7. The number of Topliss-reactive ketones (excluding diaryl/α,β-unsaturated/α-hetero) is 1. The average Bonchev–Trinajstić information content (AvgIpc) is 2.84. The van der Waals surface area contributed by atoms with Crippen molar-refractivity contribution in [3.05, 3.63) is 120 Å². The maximum absolute atomic E-state index is 13.9. The lowest BCUT2D eigenvalue weighted by Crippen LogP contribution is -2.28. The number of nitrogen functional groups attached to an aromatic ring is 2. The van der Waals surface area contributed by atoms with Crippen molar-refractivity contribution in [1.82, 2.24) is 0 Å². The summed E-state index contributed by atoms with van der Waals surface area (Å²) >= 11 is 0. The molecule has 4 aromatic rings. The highest BCUT2D eigenvalue weighted by Crippen LogP contribution is 2.32. The van der Waals surface area contributed by atoms with Crippen molar-refractivity contribution in [1.29, 1.82) is 0 Å². The fraction of sp³-hybridized carbons (Fsp3) is 0.0741. The van der Waals surface area contributed by atoms with Gasteiger partial charge in [0.25, 0.3) is 0 Å². The molecule has 4 N–H and O–H groups in total. The van der Waals surface area contributed by atoms with E-state index in [1.165, 1.54) is 0 Å². The zero-order valence-corrected chi connectivity index (χ0v) is 17.4. The Hall–Kier alpha value is -4.25. The van der Waals surface area contributed by atoms with Crippen molar-refractivity contribution >= 4 is 17.2 Å². The summed E-state index contributed by atoms with van der Waals surface area (Å²) in [4.78, 5) is 13.9. The fourth-order valence-electron chi connectivity index (χ4n) is 3.34. The van der Waals surface area contributed by atoms with Gasteiger partial charge in [0.1, 0.15) is 11.5 Å². The van der Waals surface area contributed by atoms with Gasteiger partial charge in [-0.3, -0.25) is 4.79 Å². The Bertz CT molecular complexity index is 1050. The highest BCUT2D eigenvalue weighted by molar-refractivity contribution is 5.90. The SMILES string of the molecule is Nc1ccc(OC(C(=O)C(Oc2ccc(N)cc2)c2ccccc2)c2ccccc2)cc1. The minimum Gasteiger partial charge on any atom is -0.478 e. The summed E-state index contributed by atoms with van der Waals surface area (Å²) in [5.41, 5.74) is 14.3. The van der Waals surface area contributed by atoms with E-state index < -0.39 is 12.2 Å². The number of ketones is 1. The Labute approximate surface area is 187 Å². The molecule has 0 fully saturated rings. The smallest absolute Gasteiger partial charge is 0.222 e. The molecule has 5 nitrogen and oxygen atoms in total. The van der Waals surface area contributed by atoms with E-state index in [0.717, 1.165) is 11.1 Å². The van der Waals surface area contributed by atoms with Crippen LogP contribution in [0.2, 0.25) is 0 Å². The van der Waals surface area contributed by atoms with Gasteiger partial charge in [0.05, 0.1) is 0 Å². The molecule has 0 amide bonds. The Morgan fingerprint density at radius 1 is 0.531 bits per heavy atom. The summed E-state index contributed by atoms with van der Waals surface area (Å²) < 4.78 is 12.3. The van der Waals surface area contributed by atoms with E-state index in [4.69, 9.17) is 20.9 Å². The van der Waals surface area contributed by atoms with Crippen LogP contribution in [0.3, 0.4) is 0 Å². The molecule has 0 heterocycles.